The van der Waals surface area contributed by atoms with Crippen LogP contribution in [0.1, 0.15) is 24.8 Å². The van der Waals surface area contributed by atoms with Crippen LogP contribution in [0.15, 0.2) is 24.5 Å². The minimum absolute atomic E-state index is 0.0471. The second kappa shape index (κ2) is 5.71. The van der Waals surface area contributed by atoms with Crippen molar-refractivity contribution in [2.24, 2.45) is 0 Å². The van der Waals surface area contributed by atoms with Crippen LogP contribution in [-0.2, 0) is 11.3 Å². The SMILES string of the molecule is CN1C(=O)CC[C@@H]2[C@H]1CCN2C(=O)NCc1cccnc1. The minimum atomic E-state index is -0.0471. The van der Waals surface area contributed by atoms with Gasteiger partial charge >= 0.3 is 6.03 Å². The lowest BCUT2D eigenvalue weighted by Gasteiger charge is -2.37. The molecule has 2 saturated heterocycles. The first-order valence-corrected chi connectivity index (χ1v) is 7.36. The van der Waals surface area contributed by atoms with Gasteiger partial charge in [-0.2, -0.15) is 0 Å². The number of likely N-dealkylation sites (N-methyl/N-ethyl adjacent to an activating group) is 1. The molecule has 21 heavy (non-hydrogen) atoms. The van der Waals surface area contributed by atoms with E-state index in [1.807, 2.05) is 29.0 Å². The summed E-state index contributed by atoms with van der Waals surface area (Å²) in [6.45, 7) is 1.20. The average Bonchev–Trinajstić information content (AvgIpc) is 2.94. The van der Waals surface area contributed by atoms with Crippen LogP contribution in [0, 0.1) is 0 Å². The largest absolute Gasteiger partial charge is 0.341 e. The Kier molecular flexibility index (Phi) is 3.77. The predicted molar refractivity (Wildman–Crippen MR) is 77.4 cm³/mol. The monoisotopic (exact) mass is 288 g/mol. The zero-order valence-corrected chi connectivity index (χ0v) is 12.2. The number of amides is 3. The molecule has 0 saturated carbocycles. The second-order valence-electron chi connectivity index (χ2n) is 5.68. The number of hydrogen-bond donors (Lipinski definition) is 1. The van der Waals surface area contributed by atoms with E-state index in [4.69, 9.17) is 0 Å². The normalized spacial score (nSPS) is 24.9. The van der Waals surface area contributed by atoms with E-state index in [0.29, 0.717) is 19.5 Å². The summed E-state index contributed by atoms with van der Waals surface area (Å²) >= 11 is 0. The summed E-state index contributed by atoms with van der Waals surface area (Å²) in [7, 11) is 1.84. The summed E-state index contributed by atoms with van der Waals surface area (Å²) < 4.78 is 0. The third-order valence-corrected chi connectivity index (χ3v) is 4.48. The van der Waals surface area contributed by atoms with Gasteiger partial charge < -0.3 is 15.1 Å². The molecule has 2 fully saturated rings. The van der Waals surface area contributed by atoms with Gasteiger partial charge in [-0.25, -0.2) is 4.79 Å². The number of carbonyl (C=O) groups excluding carboxylic acids is 2. The van der Waals surface area contributed by atoms with E-state index in [1.54, 1.807) is 12.4 Å². The van der Waals surface area contributed by atoms with E-state index in [-0.39, 0.29) is 24.0 Å². The zero-order chi connectivity index (χ0) is 14.8. The molecule has 2 atom stereocenters. The summed E-state index contributed by atoms with van der Waals surface area (Å²) in [5.41, 5.74) is 0.984. The molecule has 2 aliphatic heterocycles. The first kappa shape index (κ1) is 13.9. The number of pyridine rings is 1. The molecule has 0 aliphatic carbocycles. The highest BCUT2D eigenvalue weighted by molar-refractivity contribution is 5.79. The van der Waals surface area contributed by atoms with Crippen molar-refractivity contribution >= 4 is 11.9 Å². The Hall–Kier alpha value is -2.11. The molecule has 3 rings (SSSR count). The first-order valence-electron chi connectivity index (χ1n) is 7.36. The maximum absolute atomic E-state index is 12.4. The third kappa shape index (κ3) is 2.70. The van der Waals surface area contributed by atoms with Crippen molar-refractivity contribution in [1.29, 1.82) is 0 Å². The topological polar surface area (TPSA) is 65.5 Å². The number of nitrogens with one attached hydrogen (secondary N) is 1. The minimum Gasteiger partial charge on any atom is -0.341 e. The van der Waals surface area contributed by atoms with Gasteiger partial charge in [-0.05, 0) is 24.5 Å². The van der Waals surface area contributed by atoms with Gasteiger partial charge in [0, 0.05) is 39.0 Å². The van der Waals surface area contributed by atoms with Gasteiger partial charge in [-0.15, -0.1) is 0 Å². The van der Waals surface area contributed by atoms with E-state index in [2.05, 4.69) is 10.3 Å². The van der Waals surface area contributed by atoms with Crippen LogP contribution in [0.25, 0.3) is 0 Å². The highest BCUT2D eigenvalue weighted by atomic mass is 16.2. The van der Waals surface area contributed by atoms with Gasteiger partial charge in [0.05, 0.1) is 12.1 Å². The molecule has 3 heterocycles. The predicted octanol–water partition coefficient (Wildman–Crippen LogP) is 0.986. The lowest BCUT2D eigenvalue weighted by Crippen LogP contribution is -2.53. The fourth-order valence-corrected chi connectivity index (χ4v) is 3.30. The lowest BCUT2D eigenvalue weighted by atomic mass is 9.97. The van der Waals surface area contributed by atoms with E-state index in [0.717, 1.165) is 18.4 Å². The highest BCUT2D eigenvalue weighted by Gasteiger charge is 2.43. The van der Waals surface area contributed by atoms with E-state index < -0.39 is 0 Å². The Labute approximate surface area is 124 Å². The van der Waals surface area contributed by atoms with Crippen molar-refractivity contribution in [2.75, 3.05) is 13.6 Å². The highest BCUT2D eigenvalue weighted by Crippen LogP contribution is 2.30. The summed E-state index contributed by atoms with van der Waals surface area (Å²) in [6, 6.07) is 4.08. The summed E-state index contributed by atoms with van der Waals surface area (Å²) in [5.74, 6) is 0.189. The number of rotatable bonds is 2. The van der Waals surface area contributed by atoms with Crippen LogP contribution in [0.3, 0.4) is 0 Å². The van der Waals surface area contributed by atoms with Gasteiger partial charge in [0.15, 0.2) is 0 Å². The molecule has 1 N–H and O–H groups in total. The number of carbonyl (C=O) groups is 2. The Balaban J connectivity index is 1.60. The molecule has 0 unspecified atom stereocenters. The third-order valence-electron chi connectivity index (χ3n) is 4.48. The Morgan fingerprint density at radius 1 is 1.43 bits per heavy atom. The molecule has 3 amide bonds. The van der Waals surface area contributed by atoms with Gasteiger partial charge in [0.2, 0.25) is 5.91 Å². The van der Waals surface area contributed by atoms with Crippen molar-refractivity contribution in [3.05, 3.63) is 30.1 Å². The molecular weight excluding hydrogens is 268 g/mol. The molecule has 1 aromatic heterocycles. The van der Waals surface area contributed by atoms with Gasteiger partial charge in [0.25, 0.3) is 0 Å². The van der Waals surface area contributed by atoms with Crippen molar-refractivity contribution in [3.8, 4) is 0 Å². The molecular formula is C15H20N4O2. The number of urea groups is 1. The number of fused-ring (bicyclic) bond motifs is 1. The number of likely N-dealkylation sites (tertiary alicyclic amines) is 2. The van der Waals surface area contributed by atoms with E-state index in [1.165, 1.54) is 0 Å². The second-order valence-corrected chi connectivity index (χ2v) is 5.68. The molecule has 6 heteroatoms. The summed E-state index contributed by atoms with van der Waals surface area (Å²) in [4.78, 5) is 31.8. The van der Waals surface area contributed by atoms with Gasteiger partial charge in [-0.3, -0.25) is 9.78 Å². The molecule has 0 spiro atoms. The number of nitrogens with zero attached hydrogens (tertiary/aromatic N) is 3. The van der Waals surface area contributed by atoms with Crippen molar-refractivity contribution < 1.29 is 9.59 Å². The van der Waals surface area contributed by atoms with Crippen molar-refractivity contribution in [2.45, 2.75) is 37.9 Å². The van der Waals surface area contributed by atoms with E-state index in [9.17, 15) is 9.59 Å². The molecule has 1 aromatic rings. The standard InChI is InChI=1S/C15H20N4O2/c1-18-12-6-8-19(13(12)4-5-14(18)20)15(21)17-10-11-3-2-7-16-9-11/h2-3,7,9,12-13H,4-6,8,10H2,1H3,(H,17,21)/t12-,13-/m1/s1. The van der Waals surface area contributed by atoms with Crippen LogP contribution < -0.4 is 5.32 Å². The van der Waals surface area contributed by atoms with Crippen LogP contribution in [0.2, 0.25) is 0 Å². The summed E-state index contributed by atoms with van der Waals surface area (Å²) in [5, 5.41) is 2.94. The Bertz CT molecular complexity index is 534. The smallest absolute Gasteiger partial charge is 0.317 e. The Morgan fingerprint density at radius 2 is 2.29 bits per heavy atom. The van der Waals surface area contributed by atoms with E-state index >= 15 is 0 Å². The van der Waals surface area contributed by atoms with Crippen LogP contribution >= 0.6 is 0 Å². The maximum atomic E-state index is 12.4. The molecule has 6 nitrogen and oxygen atoms in total. The van der Waals surface area contributed by atoms with Crippen molar-refractivity contribution in [3.63, 3.8) is 0 Å². The number of piperidine rings is 1. The van der Waals surface area contributed by atoms with Gasteiger partial charge in [-0.1, -0.05) is 6.07 Å². The lowest BCUT2D eigenvalue weighted by molar-refractivity contribution is -0.135. The van der Waals surface area contributed by atoms with Gasteiger partial charge in [0.1, 0.15) is 0 Å². The molecule has 2 aliphatic rings. The average molecular weight is 288 g/mol. The zero-order valence-electron chi connectivity index (χ0n) is 12.2. The van der Waals surface area contributed by atoms with Crippen molar-refractivity contribution in [1.82, 2.24) is 20.1 Å². The molecule has 0 aromatic carbocycles. The molecule has 0 bridgehead atoms. The first-order chi connectivity index (χ1) is 10.2. The number of aromatic nitrogens is 1. The fourth-order valence-electron chi connectivity index (χ4n) is 3.30. The molecule has 112 valence electrons. The van der Waals surface area contributed by atoms with Crippen LogP contribution in [-0.4, -0.2) is 52.4 Å². The fraction of sp³-hybridized carbons (Fsp3) is 0.533. The quantitative estimate of drug-likeness (QED) is 0.882. The van der Waals surface area contributed by atoms with Crippen LogP contribution in [0.5, 0.6) is 0 Å². The number of hydrogen-bond acceptors (Lipinski definition) is 3. The maximum Gasteiger partial charge on any atom is 0.317 e. The molecule has 0 radical (unpaired) electrons. The van der Waals surface area contributed by atoms with Crippen LogP contribution in [0.4, 0.5) is 4.79 Å². The summed E-state index contributed by atoms with van der Waals surface area (Å²) in [6.07, 6.45) is 5.64. The Morgan fingerprint density at radius 3 is 3.05 bits per heavy atom.